The summed E-state index contributed by atoms with van der Waals surface area (Å²) >= 11 is 0. The van der Waals surface area contributed by atoms with Crippen LogP contribution in [0.5, 0.6) is 11.5 Å². The van der Waals surface area contributed by atoms with E-state index < -0.39 is 30.2 Å². The van der Waals surface area contributed by atoms with Crippen LogP contribution in [0.2, 0.25) is 0 Å². The van der Waals surface area contributed by atoms with E-state index in [9.17, 15) is 31.9 Å². The molecule has 0 saturated carbocycles. The molecule has 0 bridgehead atoms. The van der Waals surface area contributed by atoms with E-state index in [1.54, 1.807) is 43.4 Å². The van der Waals surface area contributed by atoms with E-state index in [0.29, 0.717) is 40.6 Å². The van der Waals surface area contributed by atoms with Crippen molar-refractivity contribution in [2.75, 3.05) is 20.6 Å². The molecule has 0 spiro atoms. The van der Waals surface area contributed by atoms with Gasteiger partial charge < -0.3 is 26.3 Å². The minimum Gasteiger partial charge on any atom is -0.435 e. The summed E-state index contributed by atoms with van der Waals surface area (Å²) in [5, 5.41) is 3.25. The Balaban J connectivity index is 0.000000208. The predicted molar refractivity (Wildman–Crippen MR) is 192 cm³/mol. The molecule has 2 amide bonds. The molecule has 0 aromatic heterocycles. The second kappa shape index (κ2) is 16.2. The number of hydrogen-bond donors (Lipinski definition) is 3. The number of carbonyl (C=O) groups is 3. The molecule has 0 fully saturated rings. The number of nitrogens with one attached hydrogen (secondary N) is 1. The van der Waals surface area contributed by atoms with Gasteiger partial charge in [-0.3, -0.25) is 24.2 Å². The van der Waals surface area contributed by atoms with Crippen molar-refractivity contribution in [2.45, 2.75) is 37.8 Å². The number of amides is 2. The lowest BCUT2D eigenvalue weighted by Crippen LogP contribution is -2.41. The molecule has 2 aliphatic heterocycles. The fourth-order valence-corrected chi connectivity index (χ4v) is 6.14. The maximum atomic E-state index is 13.2. The summed E-state index contributed by atoms with van der Waals surface area (Å²) in [5.41, 5.74) is 12.3. The van der Waals surface area contributed by atoms with Crippen LogP contribution in [0.25, 0.3) is 0 Å². The predicted octanol–water partition coefficient (Wildman–Crippen LogP) is 4.56. The van der Waals surface area contributed by atoms with Gasteiger partial charge in [-0.15, -0.1) is 0 Å². The molecule has 2 aliphatic rings. The standard InChI is InChI=1S/C20H22F2N4O2.C18H15F2N3O3/c1-3-24-12-13-5-4-6-15(11-13)20(17(27)26(2)19(23)25-20)14-7-9-16(10-8-14)28-18(21)22;1-23-15(25)18(22-17(23)21,13-4-2-3-11(9-13)10-24)12-5-7-14(8-6-12)26-16(19)20/h4-11,18,24H,3,12H2,1-2H3,(H2,23,25);2-10,16H,1H3,(H2,21,22). The summed E-state index contributed by atoms with van der Waals surface area (Å²) in [5.74, 6) is -0.662. The summed E-state index contributed by atoms with van der Waals surface area (Å²) in [6.07, 6.45) is 0.660. The molecule has 4 aromatic carbocycles. The average Bonchev–Trinajstić information content (AvgIpc) is 3.54. The van der Waals surface area contributed by atoms with E-state index in [4.69, 9.17) is 11.5 Å². The number of likely N-dealkylation sites (N-methyl/N-ethyl adjacent to an activating group) is 2. The minimum absolute atomic E-state index is 0.00514. The highest BCUT2D eigenvalue weighted by Crippen LogP contribution is 2.41. The van der Waals surface area contributed by atoms with E-state index in [1.807, 2.05) is 31.2 Å². The van der Waals surface area contributed by atoms with Crippen LogP contribution in [0.15, 0.2) is 107 Å². The topological polar surface area (TPSA) is 165 Å². The molecule has 4 aromatic rings. The van der Waals surface area contributed by atoms with Crippen molar-refractivity contribution in [1.82, 2.24) is 15.1 Å². The quantitative estimate of drug-likeness (QED) is 0.140. The molecule has 282 valence electrons. The zero-order valence-corrected chi connectivity index (χ0v) is 29.4. The van der Waals surface area contributed by atoms with Crippen molar-refractivity contribution in [2.24, 2.45) is 21.5 Å². The molecule has 0 saturated heterocycles. The molecule has 2 atom stereocenters. The monoisotopic (exact) mass is 747 g/mol. The average molecular weight is 748 g/mol. The van der Waals surface area contributed by atoms with Gasteiger partial charge in [-0.05, 0) is 64.7 Å². The third-order valence-electron chi connectivity index (χ3n) is 8.84. The van der Waals surface area contributed by atoms with Gasteiger partial charge in [0, 0.05) is 26.2 Å². The van der Waals surface area contributed by atoms with E-state index in [-0.39, 0.29) is 29.3 Å². The van der Waals surface area contributed by atoms with Gasteiger partial charge in [0.05, 0.1) is 0 Å². The van der Waals surface area contributed by atoms with Gasteiger partial charge >= 0.3 is 13.2 Å². The summed E-state index contributed by atoms with van der Waals surface area (Å²) in [4.78, 5) is 48.7. The summed E-state index contributed by atoms with van der Waals surface area (Å²) in [7, 11) is 3.04. The maximum absolute atomic E-state index is 13.2. The van der Waals surface area contributed by atoms with E-state index in [0.717, 1.165) is 12.1 Å². The molecule has 2 heterocycles. The van der Waals surface area contributed by atoms with Gasteiger partial charge in [0.2, 0.25) is 0 Å². The normalized spacial score (nSPS) is 19.4. The van der Waals surface area contributed by atoms with Crippen LogP contribution in [0.3, 0.4) is 0 Å². The van der Waals surface area contributed by atoms with Gasteiger partial charge in [0.1, 0.15) is 17.8 Å². The van der Waals surface area contributed by atoms with Crippen LogP contribution in [-0.2, 0) is 27.2 Å². The highest BCUT2D eigenvalue weighted by atomic mass is 19.3. The van der Waals surface area contributed by atoms with Crippen LogP contribution >= 0.6 is 0 Å². The van der Waals surface area contributed by atoms with Gasteiger partial charge in [0.15, 0.2) is 23.0 Å². The first-order chi connectivity index (χ1) is 25.8. The molecule has 0 aliphatic carbocycles. The lowest BCUT2D eigenvalue weighted by molar-refractivity contribution is -0.130. The number of carbonyl (C=O) groups excluding carboxylic acids is 3. The molecule has 54 heavy (non-hydrogen) atoms. The number of aliphatic imine (C=N–C) groups is 2. The summed E-state index contributed by atoms with van der Waals surface area (Å²) in [6.45, 7) is -2.41. The maximum Gasteiger partial charge on any atom is 0.387 e. The van der Waals surface area contributed by atoms with Gasteiger partial charge in [-0.25, -0.2) is 9.98 Å². The minimum atomic E-state index is -2.95. The zero-order chi connectivity index (χ0) is 39.2. The lowest BCUT2D eigenvalue weighted by Gasteiger charge is -2.26. The van der Waals surface area contributed by atoms with Crippen molar-refractivity contribution in [1.29, 1.82) is 0 Å². The number of nitrogens with two attached hydrogens (primary N) is 2. The van der Waals surface area contributed by atoms with E-state index in [1.165, 1.54) is 53.2 Å². The van der Waals surface area contributed by atoms with Crippen LogP contribution in [-0.4, -0.2) is 73.7 Å². The van der Waals surface area contributed by atoms with Crippen LogP contribution in [0.4, 0.5) is 17.6 Å². The largest absolute Gasteiger partial charge is 0.435 e. The van der Waals surface area contributed by atoms with Gasteiger partial charge in [-0.2, -0.15) is 17.6 Å². The van der Waals surface area contributed by atoms with Crippen molar-refractivity contribution in [3.8, 4) is 11.5 Å². The van der Waals surface area contributed by atoms with Crippen molar-refractivity contribution in [3.05, 3.63) is 130 Å². The molecule has 12 nitrogen and oxygen atoms in total. The number of ether oxygens (including phenoxy) is 2. The third-order valence-corrected chi connectivity index (χ3v) is 8.84. The molecular formula is C38H37F4N7O5. The highest BCUT2D eigenvalue weighted by molar-refractivity contribution is 6.09. The number of aldehydes is 1. The number of halogens is 4. The smallest absolute Gasteiger partial charge is 0.387 e. The summed E-state index contributed by atoms with van der Waals surface area (Å²) in [6, 6.07) is 25.4. The Labute approximate surface area is 308 Å². The molecule has 16 heteroatoms. The molecule has 5 N–H and O–H groups in total. The Hall–Kier alpha value is -6.29. The number of nitrogens with zero attached hydrogens (tertiary/aromatic N) is 4. The number of benzene rings is 4. The Morgan fingerprint density at radius 2 is 1.15 bits per heavy atom. The van der Waals surface area contributed by atoms with Crippen molar-refractivity contribution >= 4 is 30.0 Å². The Bertz CT molecular complexity index is 2060. The van der Waals surface area contributed by atoms with Crippen LogP contribution in [0.1, 0.15) is 45.1 Å². The van der Waals surface area contributed by atoms with E-state index >= 15 is 0 Å². The fourth-order valence-electron chi connectivity index (χ4n) is 6.14. The second-order valence-corrected chi connectivity index (χ2v) is 12.1. The SMILES string of the molecule is CCNCc1cccc(C2(c3ccc(OC(F)F)cc3)N=C(N)N(C)C2=O)c1.CN1C(=O)C(c2ccc(OC(F)F)cc2)(c2cccc(C=O)c2)N=C1N. The van der Waals surface area contributed by atoms with Crippen molar-refractivity contribution in [3.63, 3.8) is 0 Å². The third kappa shape index (κ3) is 7.59. The molecule has 2 unspecified atom stereocenters. The first-order valence-electron chi connectivity index (χ1n) is 16.5. The lowest BCUT2D eigenvalue weighted by atomic mass is 9.82. The zero-order valence-electron chi connectivity index (χ0n) is 29.4. The van der Waals surface area contributed by atoms with Gasteiger partial charge in [-0.1, -0.05) is 73.7 Å². The fraction of sp³-hybridized carbons (Fsp3) is 0.237. The first kappa shape index (κ1) is 38.9. The Kier molecular flexibility index (Phi) is 11.7. The van der Waals surface area contributed by atoms with E-state index in [2.05, 4.69) is 24.8 Å². The number of alkyl halides is 4. The number of hydrogen-bond acceptors (Lipinski definition) is 10. The first-order valence-corrected chi connectivity index (χ1v) is 16.5. The van der Waals surface area contributed by atoms with Gasteiger partial charge in [0.25, 0.3) is 11.8 Å². The Morgan fingerprint density at radius 1 is 0.704 bits per heavy atom. The van der Waals surface area contributed by atoms with Crippen LogP contribution < -0.4 is 26.3 Å². The molecular weight excluding hydrogens is 710 g/mol. The van der Waals surface area contributed by atoms with Crippen LogP contribution in [0, 0.1) is 0 Å². The number of rotatable bonds is 12. The molecule has 6 rings (SSSR count). The second-order valence-electron chi connectivity index (χ2n) is 12.1. The Morgan fingerprint density at radius 3 is 1.54 bits per heavy atom. The van der Waals surface area contributed by atoms with Crippen molar-refractivity contribution < 1.29 is 41.4 Å². The highest BCUT2D eigenvalue weighted by Gasteiger charge is 2.50. The summed E-state index contributed by atoms with van der Waals surface area (Å²) < 4.78 is 58.3. The number of guanidine groups is 2. The molecule has 0 radical (unpaired) electrons.